The van der Waals surface area contributed by atoms with Crippen LogP contribution in [0.15, 0.2) is 18.2 Å². The molecule has 1 N–H and O–H groups in total. The topological polar surface area (TPSA) is 71.1 Å². The minimum atomic E-state index is -4.57. The Kier molecular flexibility index (Phi) is 6.14. The molecule has 184 valence electrons. The molecule has 2 heterocycles. The van der Waals surface area contributed by atoms with Gasteiger partial charge in [-0.05, 0) is 60.8 Å². The van der Waals surface area contributed by atoms with E-state index in [1.165, 1.54) is 0 Å². The van der Waals surface area contributed by atoms with E-state index in [-0.39, 0.29) is 18.4 Å². The maximum atomic E-state index is 13.0. The second-order valence-corrected chi connectivity index (χ2v) is 11.3. The summed E-state index contributed by atoms with van der Waals surface area (Å²) in [6, 6.07) is 6.00. The fraction of sp³-hybridized carbons (Fsp3) is 0.727. The maximum Gasteiger partial charge on any atom is 0.402 e. The van der Waals surface area contributed by atoms with Crippen molar-refractivity contribution in [3.05, 3.63) is 29.3 Å². The predicted octanol–water partition coefficient (Wildman–Crippen LogP) is 1.97. The number of nitrogens with one attached hydrogen (secondary N) is 1. The van der Waals surface area contributed by atoms with Gasteiger partial charge in [0, 0.05) is 26.2 Å². The SMILES string of the molecule is O=S1(=O)N[C@]2(CN1CC(F)(F)F)[C@@H]1CC[C@H]2Cc2cc(OCCN3CCOCC3)ccc2C1. The summed E-state index contributed by atoms with van der Waals surface area (Å²) in [5, 5.41) is 0. The van der Waals surface area contributed by atoms with Gasteiger partial charge in [-0.3, -0.25) is 4.90 Å². The zero-order valence-corrected chi connectivity index (χ0v) is 19.3. The van der Waals surface area contributed by atoms with Gasteiger partial charge in [-0.15, -0.1) is 0 Å². The van der Waals surface area contributed by atoms with Crippen LogP contribution < -0.4 is 9.46 Å². The van der Waals surface area contributed by atoms with Gasteiger partial charge in [0.2, 0.25) is 0 Å². The molecule has 1 spiro atoms. The minimum Gasteiger partial charge on any atom is -0.492 e. The van der Waals surface area contributed by atoms with Gasteiger partial charge in [-0.25, -0.2) is 0 Å². The molecule has 0 aromatic heterocycles. The van der Waals surface area contributed by atoms with Crippen LogP contribution in [0.25, 0.3) is 0 Å². The molecule has 2 aliphatic heterocycles. The number of hydrogen-bond acceptors (Lipinski definition) is 5. The molecule has 0 radical (unpaired) electrons. The summed E-state index contributed by atoms with van der Waals surface area (Å²) in [6.07, 6.45) is -1.67. The third kappa shape index (κ3) is 4.75. The number of halogens is 3. The van der Waals surface area contributed by atoms with Crippen LogP contribution in [0, 0.1) is 11.8 Å². The van der Waals surface area contributed by atoms with E-state index in [9.17, 15) is 21.6 Å². The Bertz CT molecular complexity index is 984. The summed E-state index contributed by atoms with van der Waals surface area (Å²) < 4.78 is 78.9. The molecule has 0 unspecified atom stereocenters. The molecule has 2 bridgehead atoms. The zero-order chi connectivity index (χ0) is 23.3. The lowest BCUT2D eigenvalue weighted by molar-refractivity contribution is -0.136. The molecule has 33 heavy (non-hydrogen) atoms. The average molecular weight is 490 g/mol. The van der Waals surface area contributed by atoms with Crippen molar-refractivity contribution in [2.75, 3.05) is 52.5 Å². The van der Waals surface area contributed by atoms with Crippen LogP contribution in [0.5, 0.6) is 5.75 Å². The monoisotopic (exact) mass is 489 g/mol. The summed E-state index contributed by atoms with van der Waals surface area (Å²) in [7, 11) is -4.16. The highest BCUT2D eigenvalue weighted by Gasteiger charge is 2.60. The van der Waals surface area contributed by atoms with Crippen LogP contribution in [0.3, 0.4) is 0 Å². The quantitative estimate of drug-likeness (QED) is 0.685. The van der Waals surface area contributed by atoms with Gasteiger partial charge in [0.05, 0.1) is 18.8 Å². The predicted molar refractivity (Wildman–Crippen MR) is 115 cm³/mol. The number of nitrogens with zero attached hydrogens (tertiary/aromatic N) is 2. The third-order valence-corrected chi connectivity index (χ3v) is 9.24. The van der Waals surface area contributed by atoms with Crippen molar-refractivity contribution in [3.63, 3.8) is 0 Å². The van der Waals surface area contributed by atoms with Crippen molar-refractivity contribution < 1.29 is 31.1 Å². The molecule has 11 heteroatoms. The number of benzene rings is 1. The van der Waals surface area contributed by atoms with E-state index < -0.39 is 28.5 Å². The lowest BCUT2D eigenvalue weighted by atomic mass is 9.79. The molecular formula is C22H30F3N3O4S. The molecule has 3 atom stereocenters. The van der Waals surface area contributed by atoms with E-state index in [0.717, 1.165) is 62.6 Å². The first-order chi connectivity index (χ1) is 15.6. The zero-order valence-electron chi connectivity index (χ0n) is 18.4. The van der Waals surface area contributed by atoms with Gasteiger partial charge in [0.15, 0.2) is 0 Å². The Hall–Kier alpha value is -1.40. The molecular weight excluding hydrogens is 459 g/mol. The van der Waals surface area contributed by atoms with Crippen LogP contribution in [0.2, 0.25) is 0 Å². The van der Waals surface area contributed by atoms with Gasteiger partial charge >= 0.3 is 6.18 Å². The number of morpholine rings is 1. The molecule has 2 saturated heterocycles. The van der Waals surface area contributed by atoms with Crippen LogP contribution >= 0.6 is 0 Å². The van der Waals surface area contributed by atoms with Gasteiger partial charge in [0.1, 0.15) is 18.9 Å². The Morgan fingerprint density at radius 2 is 1.82 bits per heavy atom. The minimum absolute atomic E-state index is 0.0233. The molecule has 3 fully saturated rings. The van der Waals surface area contributed by atoms with Crippen molar-refractivity contribution in [2.24, 2.45) is 11.8 Å². The lowest BCUT2D eigenvalue weighted by Crippen LogP contribution is -2.52. The van der Waals surface area contributed by atoms with Crippen molar-refractivity contribution in [2.45, 2.75) is 37.4 Å². The normalized spacial score (nSPS) is 32.1. The van der Waals surface area contributed by atoms with E-state index in [1.54, 1.807) is 0 Å². The maximum absolute atomic E-state index is 13.0. The van der Waals surface area contributed by atoms with Crippen LogP contribution in [-0.2, 0) is 27.8 Å². The summed E-state index contributed by atoms with van der Waals surface area (Å²) in [5.74, 6) is 0.713. The molecule has 1 aromatic rings. The molecule has 4 aliphatic rings. The number of ether oxygens (including phenoxy) is 2. The Balaban J connectivity index is 1.30. The Labute approximate surface area is 192 Å². The number of fused-ring (bicyclic) bond motifs is 1. The summed E-state index contributed by atoms with van der Waals surface area (Å²) in [4.78, 5) is 2.30. The Morgan fingerprint density at radius 1 is 1.12 bits per heavy atom. The second kappa shape index (κ2) is 8.67. The van der Waals surface area contributed by atoms with Gasteiger partial charge < -0.3 is 9.47 Å². The number of rotatable bonds is 5. The standard InChI is InChI=1S/C22H30F3N3O4S/c23-22(24,25)15-28-14-21(26-33(28,29)30)18-2-3-19(21)12-17-13-20(4-1-16(17)11-18)32-10-7-27-5-8-31-9-6-27/h1,4,13,18-19,26H,2-3,5-12,14-15H2/t18-,19+,21-/m1/s1. The fourth-order valence-corrected chi connectivity index (χ4v) is 7.74. The summed E-state index contributed by atoms with van der Waals surface area (Å²) in [6.45, 7) is 3.12. The smallest absolute Gasteiger partial charge is 0.402 e. The largest absolute Gasteiger partial charge is 0.492 e. The van der Waals surface area contributed by atoms with E-state index in [4.69, 9.17) is 9.47 Å². The molecule has 0 amide bonds. The van der Waals surface area contributed by atoms with Crippen LogP contribution in [0.1, 0.15) is 24.0 Å². The molecule has 7 nitrogen and oxygen atoms in total. The second-order valence-electron chi connectivity index (χ2n) is 9.64. The molecule has 5 rings (SSSR count). The first kappa shape index (κ1) is 23.3. The van der Waals surface area contributed by atoms with Crippen molar-refractivity contribution in [3.8, 4) is 5.75 Å². The van der Waals surface area contributed by atoms with Crippen LogP contribution in [0.4, 0.5) is 13.2 Å². The first-order valence-electron chi connectivity index (χ1n) is 11.6. The van der Waals surface area contributed by atoms with Crippen molar-refractivity contribution in [1.82, 2.24) is 13.9 Å². The van der Waals surface area contributed by atoms with E-state index >= 15 is 0 Å². The fourth-order valence-electron chi connectivity index (χ4n) is 6.03. The molecule has 1 aromatic carbocycles. The van der Waals surface area contributed by atoms with Gasteiger partial charge in [0.25, 0.3) is 10.2 Å². The highest BCUT2D eigenvalue weighted by Crippen LogP contribution is 2.50. The summed E-state index contributed by atoms with van der Waals surface area (Å²) in [5.41, 5.74) is 1.40. The van der Waals surface area contributed by atoms with E-state index in [2.05, 4.69) is 9.62 Å². The van der Waals surface area contributed by atoms with Gasteiger partial charge in [-0.1, -0.05) is 6.07 Å². The van der Waals surface area contributed by atoms with E-state index in [0.29, 0.717) is 23.8 Å². The number of alkyl halides is 3. The highest BCUT2D eigenvalue weighted by molar-refractivity contribution is 7.87. The van der Waals surface area contributed by atoms with Crippen LogP contribution in [-0.4, -0.2) is 81.9 Å². The lowest BCUT2D eigenvalue weighted by Gasteiger charge is -2.33. The summed E-state index contributed by atoms with van der Waals surface area (Å²) >= 11 is 0. The molecule has 1 saturated carbocycles. The number of hydrogen-bond donors (Lipinski definition) is 1. The average Bonchev–Trinajstić information content (AvgIpc) is 3.12. The highest BCUT2D eigenvalue weighted by atomic mass is 32.2. The first-order valence-corrected chi connectivity index (χ1v) is 13.0. The van der Waals surface area contributed by atoms with Crippen molar-refractivity contribution in [1.29, 1.82) is 0 Å². The van der Waals surface area contributed by atoms with E-state index in [1.807, 2.05) is 18.2 Å². The molecule has 2 aliphatic carbocycles. The van der Waals surface area contributed by atoms with Gasteiger partial charge in [-0.2, -0.15) is 30.6 Å². The van der Waals surface area contributed by atoms with Crippen molar-refractivity contribution >= 4 is 10.2 Å². The Morgan fingerprint density at radius 3 is 2.52 bits per heavy atom. The third-order valence-electron chi connectivity index (χ3n) is 7.66.